The van der Waals surface area contributed by atoms with Gasteiger partial charge in [0.1, 0.15) is 18.0 Å². The number of fused-ring (bicyclic) bond motifs is 1. The molecular weight excluding hydrogens is 303 g/mol. The summed E-state index contributed by atoms with van der Waals surface area (Å²) in [6, 6.07) is 2.71. The van der Waals surface area contributed by atoms with Crippen molar-refractivity contribution in [2.75, 3.05) is 11.9 Å². The Balaban J connectivity index is 2.14. The number of rotatable bonds is 3. The number of carbonyl (C=O) groups excluding carboxylic acids is 1. The second-order valence-corrected chi connectivity index (χ2v) is 5.45. The van der Waals surface area contributed by atoms with Gasteiger partial charge in [0.15, 0.2) is 5.65 Å². The number of carbonyl (C=O) groups is 1. The summed E-state index contributed by atoms with van der Waals surface area (Å²) >= 11 is 0. The lowest BCUT2D eigenvalue weighted by molar-refractivity contribution is -0.152. The fraction of sp³-hybridized carbons (Fsp3) is 0.500. The first-order valence-corrected chi connectivity index (χ1v) is 6.32. The van der Waals surface area contributed by atoms with Crippen molar-refractivity contribution in [3.8, 4) is 0 Å². The van der Waals surface area contributed by atoms with E-state index < -0.39 is 23.6 Å². The first-order chi connectivity index (χ1) is 10.1. The summed E-state index contributed by atoms with van der Waals surface area (Å²) in [5.74, 6) is -1.71. The molecule has 0 aliphatic heterocycles. The van der Waals surface area contributed by atoms with Crippen LogP contribution in [-0.2, 0) is 15.7 Å². The average molecular weight is 317 g/mol. The van der Waals surface area contributed by atoms with Crippen molar-refractivity contribution in [3.63, 3.8) is 0 Å². The number of esters is 1. The minimum atomic E-state index is -4.67. The molecular formula is C12H14F3N5O2. The summed E-state index contributed by atoms with van der Waals surface area (Å²) in [6.45, 7) is 4.91. The van der Waals surface area contributed by atoms with E-state index in [1.165, 1.54) is 12.1 Å². The molecule has 10 heteroatoms. The molecule has 0 saturated carbocycles. The molecule has 0 fully saturated rings. The molecule has 0 aliphatic carbocycles. The number of hydrogen-bond donors (Lipinski definition) is 1. The Morgan fingerprint density at radius 1 is 1.27 bits per heavy atom. The summed E-state index contributed by atoms with van der Waals surface area (Å²) in [6.07, 6.45) is -4.67. The third-order valence-corrected chi connectivity index (χ3v) is 2.35. The number of ether oxygens (including phenoxy) is 1. The van der Waals surface area contributed by atoms with Crippen molar-refractivity contribution < 1.29 is 22.7 Å². The van der Waals surface area contributed by atoms with Crippen LogP contribution in [0.2, 0.25) is 0 Å². The summed E-state index contributed by atoms with van der Waals surface area (Å²) in [4.78, 5) is 11.5. The van der Waals surface area contributed by atoms with E-state index >= 15 is 0 Å². The Bertz CT molecular complexity index is 690. The van der Waals surface area contributed by atoms with Crippen LogP contribution in [0.4, 0.5) is 19.0 Å². The molecule has 22 heavy (non-hydrogen) atoms. The van der Waals surface area contributed by atoms with E-state index in [1.807, 2.05) is 0 Å². The molecule has 2 aromatic heterocycles. The van der Waals surface area contributed by atoms with Gasteiger partial charge in [0.2, 0.25) is 0 Å². The molecule has 1 N–H and O–H groups in total. The van der Waals surface area contributed by atoms with Gasteiger partial charge < -0.3 is 10.1 Å². The lowest BCUT2D eigenvalue weighted by Gasteiger charge is -2.19. The number of halogens is 3. The summed E-state index contributed by atoms with van der Waals surface area (Å²) in [5, 5.41) is 12.8. The predicted molar refractivity (Wildman–Crippen MR) is 70.1 cm³/mol. The van der Waals surface area contributed by atoms with Crippen molar-refractivity contribution in [2.24, 2.45) is 0 Å². The number of nitrogens with one attached hydrogen (secondary N) is 1. The largest absolute Gasteiger partial charge is 0.459 e. The molecule has 0 atom stereocenters. The molecule has 2 rings (SSSR count). The van der Waals surface area contributed by atoms with E-state index in [-0.39, 0.29) is 18.0 Å². The Kier molecular flexibility index (Phi) is 3.94. The quantitative estimate of drug-likeness (QED) is 0.871. The van der Waals surface area contributed by atoms with Crippen molar-refractivity contribution in [2.45, 2.75) is 32.5 Å². The van der Waals surface area contributed by atoms with Gasteiger partial charge in [-0.05, 0) is 32.9 Å². The first-order valence-electron chi connectivity index (χ1n) is 6.32. The monoisotopic (exact) mass is 317 g/mol. The molecule has 2 heterocycles. The normalized spacial score (nSPS) is 12.5. The van der Waals surface area contributed by atoms with Gasteiger partial charge in [-0.1, -0.05) is 0 Å². The highest BCUT2D eigenvalue weighted by Crippen LogP contribution is 2.27. The predicted octanol–water partition coefficient (Wildman–Crippen LogP) is 1.90. The third-order valence-electron chi connectivity index (χ3n) is 2.35. The molecule has 0 saturated heterocycles. The van der Waals surface area contributed by atoms with E-state index in [0.717, 1.165) is 0 Å². The van der Waals surface area contributed by atoms with E-state index in [9.17, 15) is 18.0 Å². The van der Waals surface area contributed by atoms with Gasteiger partial charge in [0.25, 0.3) is 5.82 Å². The van der Waals surface area contributed by atoms with Crippen LogP contribution in [0.25, 0.3) is 5.65 Å². The van der Waals surface area contributed by atoms with Gasteiger partial charge in [0.05, 0.1) is 0 Å². The van der Waals surface area contributed by atoms with Crippen molar-refractivity contribution in [1.29, 1.82) is 0 Å². The lowest BCUT2D eigenvalue weighted by Crippen LogP contribution is -2.28. The maximum absolute atomic E-state index is 12.7. The molecule has 2 aromatic rings. The second kappa shape index (κ2) is 5.43. The van der Waals surface area contributed by atoms with Crippen LogP contribution in [-0.4, -0.2) is 37.9 Å². The first kappa shape index (κ1) is 16.0. The summed E-state index contributed by atoms with van der Waals surface area (Å²) in [5.41, 5.74) is -0.691. The fourth-order valence-electron chi connectivity index (χ4n) is 1.60. The maximum atomic E-state index is 12.7. The standard InChI is InChI=1S/C12H14F3N5O2/c1-11(2,3)22-9(21)6-16-7-4-5-8-17-18-10(12(13,14)15)20(8)19-7/h4-5H,6H2,1-3H3,(H,16,19). The van der Waals surface area contributed by atoms with Crippen molar-refractivity contribution >= 4 is 17.4 Å². The van der Waals surface area contributed by atoms with Crippen LogP contribution < -0.4 is 5.32 Å². The zero-order valence-corrected chi connectivity index (χ0v) is 12.1. The smallest absolute Gasteiger partial charge is 0.453 e. The SMILES string of the molecule is CC(C)(C)OC(=O)CNc1ccc2nnc(C(F)(F)F)n2n1. The van der Waals surface area contributed by atoms with Crippen molar-refractivity contribution in [1.82, 2.24) is 19.8 Å². The van der Waals surface area contributed by atoms with E-state index in [0.29, 0.717) is 4.52 Å². The van der Waals surface area contributed by atoms with Crippen LogP contribution in [0, 0.1) is 0 Å². The minimum absolute atomic E-state index is 0.0462. The van der Waals surface area contributed by atoms with Gasteiger partial charge in [0, 0.05) is 0 Å². The van der Waals surface area contributed by atoms with Gasteiger partial charge in [-0.2, -0.15) is 17.7 Å². The van der Waals surface area contributed by atoms with E-state index in [4.69, 9.17) is 4.74 Å². The third kappa shape index (κ3) is 3.83. The summed E-state index contributed by atoms with van der Waals surface area (Å²) < 4.78 is 43.8. The Morgan fingerprint density at radius 3 is 2.55 bits per heavy atom. The molecule has 0 amide bonds. The Morgan fingerprint density at radius 2 is 1.95 bits per heavy atom. The molecule has 0 spiro atoms. The highest BCUT2D eigenvalue weighted by atomic mass is 19.4. The fourth-order valence-corrected chi connectivity index (χ4v) is 1.60. The number of aromatic nitrogens is 4. The van der Waals surface area contributed by atoms with Gasteiger partial charge in [-0.25, -0.2) is 0 Å². The number of nitrogens with zero attached hydrogens (tertiary/aromatic N) is 4. The van der Waals surface area contributed by atoms with Gasteiger partial charge in [-0.15, -0.1) is 15.3 Å². The maximum Gasteiger partial charge on any atom is 0.453 e. The molecule has 0 aromatic carbocycles. The van der Waals surface area contributed by atoms with Crippen molar-refractivity contribution in [3.05, 3.63) is 18.0 Å². The van der Waals surface area contributed by atoms with Crippen LogP contribution in [0.15, 0.2) is 12.1 Å². The number of hydrogen-bond acceptors (Lipinski definition) is 6. The number of alkyl halides is 3. The van der Waals surface area contributed by atoms with Crippen LogP contribution in [0.5, 0.6) is 0 Å². The van der Waals surface area contributed by atoms with E-state index in [1.54, 1.807) is 20.8 Å². The van der Waals surface area contributed by atoms with Gasteiger partial charge in [-0.3, -0.25) is 4.79 Å². The topological polar surface area (TPSA) is 81.4 Å². The average Bonchev–Trinajstić information content (AvgIpc) is 2.76. The summed E-state index contributed by atoms with van der Waals surface area (Å²) in [7, 11) is 0. The van der Waals surface area contributed by atoms with Crippen LogP contribution >= 0.6 is 0 Å². The molecule has 120 valence electrons. The second-order valence-electron chi connectivity index (χ2n) is 5.45. The molecule has 0 unspecified atom stereocenters. The Labute approximate surface area is 123 Å². The Hall–Kier alpha value is -2.39. The molecule has 0 aliphatic rings. The zero-order chi connectivity index (χ0) is 16.5. The molecule has 7 nitrogen and oxygen atoms in total. The zero-order valence-electron chi connectivity index (χ0n) is 12.1. The highest BCUT2D eigenvalue weighted by molar-refractivity contribution is 5.75. The van der Waals surface area contributed by atoms with Crippen LogP contribution in [0.3, 0.4) is 0 Å². The van der Waals surface area contributed by atoms with Crippen LogP contribution in [0.1, 0.15) is 26.6 Å². The molecule has 0 radical (unpaired) electrons. The van der Waals surface area contributed by atoms with Gasteiger partial charge >= 0.3 is 12.1 Å². The molecule has 0 bridgehead atoms. The highest BCUT2D eigenvalue weighted by Gasteiger charge is 2.37. The van der Waals surface area contributed by atoms with E-state index in [2.05, 4.69) is 20.6 Å². The minimum Gasteiger partial charge on any atom is -0.459 e. The lowest BCUT2D eigenvalue weighted by atomic mass is 10.2. The number of anilines is 1.